The fourth-order valence-electron chi connectivity index (χ4n) is 1.48. The van der Waals surface area contributed by atoms with Gasteiger partial charge in [0.2, 0.25) is 0 Å². The van der Waals surface area contributed by atoms with Crippen LogP contribution in [0.4, 0.5) is 0 Å². The monoisotopic (exact) mass is 299 g/mol. The largest absolute Gasteiger partial charge is 0.318 e. The molecular weight excluding hydrogens is 284 g/mol. The second-order valence-electron chi connectivity index (χ2n) is 3.42. The van der Waals surface area contributed by atoms with Gasteiger partial charge < -0.3 is 3.11 Å². The Balaban J connectivity index is 2.52. The maximum atomic E-state index is 5.79. The van der Waals surface area contributed by atoms with Crippen molar-refractivity contribution in [2.45, 2.75) is 32.7 Å². The lowest BCUT2D eigenvalue weighted by Gasteiger charge is -2.24. The van der Waals surface area contributed by atoms with Gasteiger partial charge in [0.25, 0.3) is 0 Å². The van der Waals surface area contributed by atoms with Crippen LogP contribution in [0.1, 0.15) is 26.7 Å². The molecule has 0 saturated heterocycles. The second kappa shape index (κ2) is 4.70. The molecule has 1 nitrogen and oxygen atoms in total. The Kier molecular flexibility index (Phi) is 4.17. The molecule has 1 aliphatic rings. The summed E-state index contributed by atoms with van der Waals surface area (Å²) < 4.78 is 2.28. The standard InChI is InChI=1S/C9H15ClIN/c1-3-7(2)9-4-8(5-10)6-12(9)11/h6-7,9H,3-5H2,1-2H3. The Hall–Kier alpha value is 0.560. The molecule has 3 heteroatoms. The van der Waals surface area contributed by atoms with E-state index in [1.165, 1.54) is 12.0 Å². The normalized spacial score (nSPS) is 25.8. The summed E-state index contributed by atoms with van der Waals surface area (Å²) in [7, 11) is 0. The van der Waals surface area contributed by atoms with Crippen molar-refractivity contribution in [3.63, 3.8) is 0 Å². The predicted octanol–water partition coefficient (Wildman–Crippen LogP) is 3.58. The van der Waals surface area contributed by atoms with Crippen LogP contribution in [0.15, 0.2) is 11.8 Å². The molecule has 0 fully saturated rings. The van der Waals surface area contributed by atoms with Crippen molar-refractivity contribution < 1.29 is 0 Å². The van der Waals surface area contributed by atoms with Crippen molar-refractivity contribution in [3.05, 3.63) is 11.8 Å². The van der Waals surface area contributed by atoms with Crippen LogP contribution in [0, 0.1) is 5.92 Å². The van der Waals surface area contributed by atoms with Crippen molar-refractivity contribution in [1.29, 1.82) is 0 Å². The highest BCUT2D eigenvalue weighted by Gasteiger charge is 2.26. The van der Waals surface area contributed by atoms with Crippen LogP contribution in [-0.4, -0.2) is 15.0 Å². The zero-order chi connectivity index (χ0) is 9.14. The van der Waals surface area contributed by atoms with Gasteiger partial charge in [-0.3, -0.25) is 0 Å². The third-order valence-electron chi connectivity index (χ3n) is 2.57. The van der Waals surface area contributed by atoms with Gasteiger partial charge in [0.15, 0.2) is 0 Å². The molecule has 70 valence electrons. The van der Waals surface area contributed by atoms with Crippen molar-refractivity contribution in [2.24, 2.45) is 5.92 Å². The fraction of sp³-hybridized carbons (Fsp3) is 0.778. The van der Waals surface area contributed by atoms with Crippen LogP contribution in [0.3, 0.4) is 0 Å². The Morgan fingerprint density at radius 1 is 1.83 bits per heavy atom. The highest BCUT2D eigenvalue weighted by Crippen LogP contribution is 2.31. The molecule has 1 heterocycles. The van der Waals surface area contributed by atoms with Gasteiger partial charge in [-0.05, 0) is 17.9 Å². The van der Waals surface area contributed by atoms with E-state index in [0.29, 0.717) is 11.9 Å². The van der Waals surface area contributed by atoms with Gasteiger partial charge in [-0.1, -0.05) is 20.3 Å². The lowest BCUT2D eigenvalue weighted by molar-refractivity contribution is 0.351. The highest BCUT2D eigenvalue weighted by atomic mass is 127. The Labute approximate surface area is 93.6 Å². The van der Waals surface area contributed by atoms with Gasteiger partial charge in [0.05, 0.1) is 22.9 Å². The fourth-order valence-corrected chi connectivity index (χ4v) is 2.80. The summed E-state index contributed by atoms with van der Waals surface area (Å²) in [4.78, 5) is 0. The average Bonchev–Trinajstić information content (AvgIpc) is 2.45. The van der Waals surface area contributed by atoms with E-state index in [0.717, 1.165) is 12.3 Å². The van der Waals surface area contributed by atoms with E-state index < -0.39 is 0 Å². The summed E-state index contributed by atoms with van der Waals surface area (Å²) in [5, 5.41) is 0. The smallest absolute Gasteiger partial charge is 0.0589 e. The van der Waals surface area contributed by atoms with Gasteiger partial charge in [-0.2, -0.15) is 0 Å². The van der Waals surface area contributed by atoms with E-state index in [2.05, 4.69) is 46.0 Å². The van der Waals surface area contributed by atoms with E-state index in [-0.39, 0.29) is 0 Å². The minimum absolute atomic E-state index is 0.671. The lowest BCUT2D eigenvalue weighted by Crippen LogP contribution is -2.24. The molecule has 0 aromatic carbocycles. The van der Waals surface area contributed by atoms with Crippen LogP contribution >= 0.6 is 34.5 Å². The summed E-state index contributed by atoms with van der Waals surface area (Å²) in [6, 6.07) is 0.671. The molecule has 0 aromatic rings. The predicted molar refractivity (Wildman–Crippen MR) is 62.5 cm³/mol. The molecule has 0 N–H and O–H groups in total. The molecule has 0 spiro atoms. The topological polar surface area (TPSA) is 3.24 Å². The third kappa shape index (κ3) is 2.28. The molecular formula is C9H15ClIN. The van der Waals surface area contributed by atoms with Crippen molar-refractivity contribution in [3.8, 4) is 0 Å². The summed E-state index contributed by atoms with van der Waals surface area (Å²) in [6.07, 6.45) is 4.58. The molecule has 0 amide bonds. The average molecular weight is 300 g/mol. The quantitative estimate of drug-likeness (QED) is 0.437. The molecule has 0 saturated carbocycles. The number of hydrogen-bond donors (Lipinski definition) is 0. The molecule has 1 rings (SSSR count). The zero-order valence-corrected chi connectivity index (χ0v) is 10.5. The van der Waals surface area contributed by atoms with Gasteiger partial charge in [0, 0.05) is 18.1 Å². The van der Waals surface area contributed by atoms with E-state index in [1.54, 1.807) is 0 Å². The van der Waals surface area contributed by atoms with E-state index in [4.69, 9.17) is 11.6 Å². The maximum Gasteiger partial charge on any atom is 0.0589 e. The molecule has 2 unspecified atom stereocenters. The van der Waals surface area contributed by atoms with Gasteiger partial charge in [-0.25, -0.2) is 0 Å². The van der Waals surface area contributed by atoms with Gasteiger partial charge >= 0.3 is 0 Å². The van der Waals surface area contributed by atoms with E-state index in [1.807, 2.05) is 0 Å². The van der Waals surface area contributed by atoms with Gasteiger partial charge in [0.1, 0.15) is 0 Å². The number of halogens is 2. The SMILES string of the molecule is CCC(C)C1CC(CCl)=CN1I. The van der Waals surface area contributed by atoms with E-state index >= 15 is 0 Å². The molecule has 0 bridgehead atoms. The summed E-state index contributed by atoms with van der Waals surface area (Å²) >= 11 is 8.16. The molecule has 0 aliphatic carbocycles. The Morgan fingerprint density at radius 3 is 2.92 bits per heavy atom. The van der Waals surface area contributed by atoms with Crippen LogP contribution < -0.4 is 0 Å². The summed E-state index contributed by atoms with van der Waals surface area (Å²) in [5.74, 6) is 1.45. The van der Waals surface area contributed by atoms with Crippen LogP contribution in [0.5, 0.6) is 0 Å². The molecule has 0 aromatic heterocycles. The summed E-state index contributed by atoms with van der Waals surface area (Å²) in [6.45, 7) is 4.55. The third-order valence-corrected chi connectivity index (χ3v) is 3.90. The maximum absolute atomic E-state index is 5.79. The first-order chi connectivity index (χ1) is 5.69. The molecule has 1 aliphatic heterocycles. The first-order valence-corrected chi connectivity index (χ1v) is 5.88. The summed E-state index contributed by atoms with van der Waals surface area (Å²) in [5.41, 5.74) is 1.37. The van der Waals surface area contributed by atoms with Crippen LogP contribution in [-0.2, 0) is 0 Å². The minimum atomic E-state index is 0.671. The molecule has 0 radical (unpaired) electrons. The van der Waals surface area contributed by atoms with Crippen LogP contribution in [0.2, 0.25) is 0 Å². The number of nitrogens with zero attached hydrogens (tertiary/aromatic N) is 1. The van der Waals surface area contributed by atoms with Gasteiger partial charge in [-0.15, -0.1) is 11.6 Å². The van der Waals surface area contributed by atoms with Crippen molar-refractivity contribution in [2.75, 3.05) is 5.88 Å². The zero-order valence-electron chi connectivity index (χ0n) is 7.56. The Morgan fingerprint density at radius 2 is 2.50 bits per heavy atom. The lowest BCUT2D eigenvalue weighted by atomic mass is 9.96. The number of rotatable bonds is 3. The van der Waals surface area contributed by atoms with Crippen molar-refractivity contribution >= 4 is 34.5 Å². The Bertz CT molecular complexity index is 181. The van der Waals surface area contributed by atoms with Crippen molar-refractivity contribution in [1.82, 2.24) is 3.11 Å². The minimum Gasteiger partial charge on any atom is -0.318 e. The highest BCUT2D eigenvalue weighted by molar-refractivity contribution is 14.1. The number of hydrogen-bond acceptors (Lipinski definition) is 1. The molecule has 2 atom stereocenters. The van der Waals surface area contributed by atoms with E-state index in [9.17, 15) is 0 Å². The van der Waals surface area contributed by atoms with Crippen LogP contribution in [0.25, 0.3) is 0 Å². The first-order valence-electron chi connectivity index (χ1n) is 4.38. The number of alkyl halides is 1. The second-order valence-corrected chi connectivity index (χ2v) is 4.80. The molecule has 12 heavy (non-hydrogen) atoms. The first kappa shape index (κ1) is 10.6.